The van der Waals surface area contributed by atoms with Gasteiger partial charge >= 0.3 is 11.9 Å². The minimum absolute atomic E-state index is 0.0963. The summed E-state index contributed by atoms with van der Waals surface area (Å²) in [5, 5.41) is 17.8. The molecule has 0 atom stereocenters. The molecule has 0 aliphatic rings. The van der Waals surface area contributed by atoms with Crippen molar-refractivity contribution in [1.29, 1.82) is 0 Å². The van der Waals surface area contributed by atoms with Gasteiger partial charge in [0.25, 0.3) is 0 Å². The molecule has 1 aromatic rings. The Bertz CT molecular complexity index is 414. The van der Waals surface area contributed by atoms with E-state index >= 15 is 0 Å². The van der Waals surface area contributed by atoms with Crippen LogP contribution in [0.2, 0.25) is 0 Å². The molecular formula is C11H12O4S. The molecule has 4 nitrogen and oxygen atoms in total. The molecule has 1 aromatic carbocycles. The Labute approximate surface area is 98.3 Å². The van der Waals surface area contributed by atoms with Crippen LogP contribution >= 0.6 is 12.6 Å². The van der Waals surface area contributed by atoms with Gasteiger partial charge in [0.1, 0.15) is 0 Å². The Balaban J connectivity index is 3.21. The van der Waals surface area contributed by atoms with E-state index in [1.54, 1.807) is 12.1 Å². The first-order chi connectivity index (χ1) is 7.56. The van der Waals surface area contributed by atoms with Crippen molar-refractivity contribution < 1.29 is 19.8 Å². The molecule has 0 bridgehead atoms. The fourth-order valence-corrected chi connectivity index (χ4v) is 1.81. The average molecular weight is 240 g/mol. The van der Waals surface area contributed by atoms with Gasteiger partial charge in [-0.1, -0.05) is 18.2 Å². The number of hydrogen-bond donors (Lipinski definition) is 3. The van der Waals surface area contributed by atoms with Crippen LogP contribution < -0.4 is 0 Å². The number of thiol groups is 1. The monoisotopic (exact) mass is 240 g/mol. The molecule has 0 amide bonds. The van der Waals surface area contributed by atoms with Crippen LogP contribution in [0, 0.1) is 0 Å². The summed E-state index contributed by atoms with van der Waals surface area (Å²) in [6.45, 7) is 0. The molecule has 0 aliphatic carbocycles. The lowest BCUT2D eigenvalue weighted by molar-refractivity contribution is -0.136. The molecule has 0 heterocycles. The van der Waals surface area contributed by atoms with Crippen molar-refractivity contribution in [3.8, 4) is 0 Å². The Kier molecular flexibility index (Phi) is 4.37. The predicted octanol–water partition coefficient (Wildman–Crippen LogP) is 1.48. The Hall–Kier alpha value is -1.49. The number of hydrogen-bond acceptors (Lipinski definition) is 3. The largest absolute Gasteiger partial charge is 0.481 e. The number of aliphatic carboxylic acids is 1. The standard InChI is InChI=1S/C11H12O4S/c12-9(13)6-8-3-1-2-7(4-5-16)10(8)11(14)15/h1-3,16H,4-6H2,(H,12,13)(H,14,15). The van der Waals surface area contributed by atoms with Crippen molar-refractivity contribution in [2.24, 2.45) is 0 Å². The van der Waals surface area contributed by atoms with E-state index in [-0.39, 0.29) is 12.0 Å². The van der Waals surface area contributed by atoms with Crippen molar-refractivity contribution in [1.82, 2.24) is 0 Å². The molecule has 5 heteroatoms. The first-order valence-electron chi connectivity index (χ1n) is 4.73. The summed E-state index contributed by atoms with van der Waals surface area (Å²) < 4.78 is 0. The molecule has 0 unspecified atom stereocenters. The van der Waals surface area contributed by atoms with Crippen molar-refractivity contribution in [3.05, 3.63) is 34.9 Å². The second-order valence-corrected chi connectivity index (χ2v) is 3.75. The van der Waals surface area contributed by atoms with Crippen molar-refractivity contribution in [2.75, 3.05) is 5.75 Å². The molecule has 0 spiro atoms. The SMILES string of the molecule is O=C(O)Cc1cccc(CCS)c1C(=O)O. The van der Waals surface area contributed by atoms with Crippen molar-refractivity contribution in [3.63, 3.8) is 0 Å². The normalized spacial score (nSPS) is 10.1. The van der Waals surface area contributed by atoms with Crippen LogP contribution in [-0.4, -0.2) is 27.9 Å². The highest BCUT2D eigenvalue weighted by Gasteiger charge is 2.16. The van der Waals surface area contributed by atoms with Crippen LogP contribution in [0.5, 0.6) is 0 Å². The van der Waals surface area contributed by atoms with Crippen molar-refractivity contribution >= 4 is 24.6 Å². The number of aromatic carboxylic acids is 1. The molecular weight excluding hydrogens is 228 g/mol. The highest BCUT2D eigenvalue weighted by molar-refractivity contribution is 7.80. The highest BCUT2D eigenvalue weighted by atomic mass is 32.1. The third-order valence-corrected chi connectivity index (χ3v) is 2.40. The minimum atomic E-state index is -1.09. The number of carboxylic acids is 2. The van der Waals surface area contributed by atoms with Crippen LogP contribution in [-0.2, 0) is 17.6 Å². The van der Waals surface area contributed by atoms with Gasteiger partial charge in [0.2, 0.25) is 0 Å². The van der Waals surface area contributed by atoms with Gasteiger partial charge in [-0.05, 0) is 23.3 Å². The van der Waals surface area contributed by atoms with Gasteiger partial charge in [-0.3, -0.25) is 4.79 Å². The van der Waals surface area contributed by atoms with Crippen molar-refractivity contribution in [2.45, 2.75) is 12.8 Å². The molecule has 0 saturated carbocycles. The Morgan fingerprint density at radius 3 is 2.31 bits per heavy atom. The maximum Gasteiger partial charge on any atom is 0.336 e. The minimum Gasteiger partial charge on any atom is -0.481 e. The molecule has 0 aliphatic heterocycles. The highest BCUT2D eigenvalue weighted by Crippen LogP contribution is 2.17. The van der Waals surface area contributed by atoms with Crippen LogP contribution in [0.3, 0.4) is 0 Å². The zero-order valence-electron chi connectivity index (χ0n) is 8.51. The zero-order chi connectivity index (χ0) is 12.1. The molecule has 0 fully saturated rings. The quantitative estimate of drug-likeness (QED) is 0.681. The predicted molar refractivity (Wildman–Crippen MR) is 62.3 cm³/mol. The van der Waals surface area contributed by atoms with Gasteiger partial charge in [-0.15, -0.1) is 0 Å². The number of rotatable bonds is 5. The summed E-state index contributed by atoms with van der Waals surface area (Å²) in [5.74, 6) is -1.60. The summed E-state index contributed by atoms with van der Waals surface area (Å²) in [4.78, 5) is 21.7. The van der Waals surface area contributed by atoms with Crippen LogP contribution in [0.25, 0.3) is 0 Å². The number of carbonyl (C=O) groups is 2. The van der Waals surface area contributed by atoms with Crippen LogP contribution in [0.15, 0.2) is 18.2 Å². The summed E-state index contributed by atoms with van der Waals surface area (Å²) in [6.07, 6.45) is 0.236. The third kappa shape index (κ3) is 3.00. The fourth-order valence-electron chi connectivity index (χ4n) is 1.57. The number of benzene rings is 1. The summed E-state index contributed by atoms with van der Waals surface area (Å²) >= 11 is 4.04. The van der Waals surface area contributed by atoms with Crippen LogP contribution in [0.4, 0.5) is 0 Å². The maximum atomic E-state index is 11.1. The van der Waals surface area contributed by atoms with Gasteiger partial charge in [0.15, 0.2) is 0 Å². The molecule has 86 valence electrons. The first-order valence-corrected chi connectivity index (χ1v) is 5.36. The molecule has 16 heavy (non-hydrogen) atoms. The van der Waals surface area contributed by atoms with E-state index in [0.717, 1.165) is 0 Å². The lowest BCUT2D eigenvalue weighted by Gasteiger charge is -2.09. The summed E-state index contributed by atoms with van der Waals surface area (Å²) in [6, 6.07) is 4.88. The molecule has 0 aromatic heterocycles. The zero-order valence-corrected chi connectivity index (χ0v) is 9.41. The van der Waals surface area contributed by atoms with E-state index in [1.807, 2.05) is 0 Å². The van der Waals surface area contributed by atoms with E-state index in [0.29, 0.717) is 23.3 Å². The van der Waals surface area contributed by atoms with E-state index in [4.69, 9.17) is 10.2 Å². The lowest BCUT2D eigenvalue weighted by atomic mass is 9.97. The molecule has 0 radical (unpaired) electrons. The van der Waals surface area contributed by atoms with E-state index < -0.39 is 11.9 Å². The third-order valence-electron chi connectivity index (χ3n) is 2.17. The summed E-state index contributed by atoms with van der Waals surface area (Å²) in [5.41, 5.74) is 1.06. The smallest absolute Gasteiger partial charge is 0.336 e. The lowest BCUT2D eigenvalue weighted by Crippen LogP contribution is -2.11. The Morgan fingerprint density at radius 2 is 1.81 bits per heavy atom. The first kappa shape index (κ1) is 12.6. The van der Waals surface area contributed by atoms with Gasteiger partial charge in [-0.2, -0.15) is 12.6 Å². The van der Waals surface area contributed by atoms with Crippen LogP contribution in [0.1, 0.15) is 21.5 Å². The molecule has 0 saturated heterocycles. The summed E-state index contributed by atoms with van der Waals surface area (Å²) in [7, 11) is 0. The number of carboxylic acid groups (broad SMARTS) is 2. The van der Waals surface area contributed by atoms with Gasteiger partial charge in [-0.25, -0.2) is 4.79 Å². The topological polar surface area (TPSA) is 74.6 Å². The van der Waals surface area contributed by atoms with Gasteiger partial charge in [0.05, 0.1) is 12.0 Å². The molecule has 2 N–H and O–H groups in total. The fraction of sp³-hybridized carbons (Fsp3) is 0.273. The number of aryl methyl sites for hydroxylation is 1. The Morgan fingerprint density at radius 1 is 1.19 bits per heavy atom. The second-order valence-electron chi connectivity index (χ2n) is 3.30. The average Bonchev–Trinajstić information content (AvgIpc) is 2.16. The second kappa shape index (κ2) is 5.55. The van der Waals surface area contributed by atoms with E-state index in [1.165, 1.54) is 6.07 Å². The molecule has 1 rings (SSSR count). The van der Waals surface area contributed by atoms with Gasteiger partial charge < -0.3 is 10.2 Å². The van der Waals surface area contributed by atoms with Gasteiger partial charge in [0, 0.05) is 0 Å². The van der Waals surface area contributed by atoms with E-state index in [2.05, 4.69) is 12.6 Å². The van der Waals surface area contributed by atoms with E-state index in [9.17, 15) is 9.59 Å². The maximum absolute atomic E-state index is 11.1.